The van der Waals surface area contributed by atoms with E-state index in [-0.39, 0.29) is 22.0 Å². The van der Waals surface area contributed by atoms with Gasteiger partial charge in [-0.25, -0.2) is 4.79 Å². The maximum atomic E-state index is 12.5. The van der Waals surface area contributed by atoms with Gasteiger partial charge in [-0.15, -0.1) is 0 Å². The number of benzene rings is 2. The van der Waals surface area contributed by atoms with Crippen molar-refractivity contribution in [1.82, 2.24) is 0 Å². The van der Waals surface area contributed by atoms with Crippen LogP contribution in [0, 0.1) is 0 Å². The van der Waals surface area contributed by atoms with E-state index in [1.165, 1.54) is 19.2 Å². The van der Waals surface area contributed by atoms with E-state index in [0.717, 1.165) is 0 Å². The Bertz CT molecular complexity index is 971. The largest absolute Gasteiger partial charge is 0.494 e. The summed E-state index contributed by atoms with van der Waals surface area (Å²) in [6.45, 7) is -0.521. The molecule has 2 aromatic carbocycles. The Morgan fingerprint density at radius 3 is 2.38 bits per heavy atom. The Balaban J connectivity index is 1.71. The van der Waals surface area contributed by atoms with E-state index in [1.54, 1.807) is 30.3 Å². The van der Waals surface area contributed by atoms with E-state index >= 15 is 0 Å². The van der Waals surface area contributed by atoms with Crippen molar-refractivity contribution in [1.29, 1.82) is 0 Å². The molecule has 1 amide bonds. The highest BCUT2D eigenvalue weighted by Crippen LogP contribution is 2.34. The van der Waals surface area contributed by atoms with E-state index in [1.807, 2.05) is 0 Å². The van der Waals surface area contributed by atoms with Gasteiger partial charge in [-0.3, -0.25) is 4.79 Å². The van der Waals surface area contributed by atoms with Crippen LogP contribution in [0.4, 0.5) is 5.69 Å². The molecule has 3 rings (SSSR count). The molecular weight excluding hydrogens is 446 g/mol. The third kappa shape index (κ3) is 5.18. The van der Waals surface area contributed by atoms with Crippen molar-refractivity contribution in [3.63, 3.8) is 0 Å². The normalized spacial score (nSPS) is 25.1. The highest BCUT2D eigenvalue weighted by Gasteiger charge is 2.43. The maximum Gasteiger partial charge on any atom is 0.338 e. The maximum absolute atomic E-state index is 12.5. The molecule has 10 nitrogen and oxygen atoms in total. The number of anilines is 1. The van der Waals surface area contributed by atoms with Gasteiger partial charge in [-0.1, -0.05) is 29.8 Å². The highest BCUT2D eigenvalue weighted by molar-refractivity contribution is 6.34. The minimum atomic E-state index is -1.75. The van der Waals surface area contributed by atoms with Crippen LogP contribution in [0.3, 0.4) is 0 Å². The Labute approximate surface area is 187 Å². The predicted octanol–water partition coefficient (Wildman–Crippen LogP) is 0.558. The molecule has 0 bridgehead atoms. The van der Waals surface area contributed by atoms with Crippen LogP contribution in [0.5, 0.6) is 5.75 Å². The average molecular weight is 468 g/mol. The van der Waals surface area contributed by atoms with Crippen LogP contribution < -0.4 is 10.1 Å². The third-order valence-electron chi connectivity index (χ3n) is 4.85. The molecule has 5 N–H and O–H groups in total. The van der Waals surface area contributed by atoms with Crippen LogP contribution in [0.1, 0.15) is 20.7 Å². The van der Waals surface area contributed by atoms with Gasteiger partial charge >= 0.3 is 5.97 Å². The lowest BCUT2D eigenvalue weighted by atomic mass is 9.99. The summed E-state index contributed by atoms with van der Waals surface area (Å²) < 4.78 is 15.3. The predicted molar refractivity (Wildman–Crippen MR) is 112 cm³/mol. The number of carbonyl (C=O) groups is 2. The molecule has 0 spiro atoms. The highest BCUT2D eigenvalue weighted by atomic mass is 35.5. The molecule has 0 radical (unpaired) electrons. The summed E-state index contributed by atoms with van der Waals surface area (Å²) in [6, 6.07) is 11.0. The smallest absolute Gasteiger partial charge is 0.338 e. The molecule has 0 saturated carbocycles. The lowest BCUT2D eigenvalue weighted by molar-refractivity contribution is -0.286. The van der Waals surface area contributed by atoms with E-state index in [2.05, 4.69) is 5.32 Å². The van der Waals surface area contributed by atoms with Gasteiger partial charge in [0.25, 0.3) is 5.91 Å². The van der Waals surface area contributed by atoms with E-state index in [4.69, 9.17) is 25.8 Å². The first-order valence-corrected chi connectivity index (χ1v) is 9.89. The summed E-state index contributed by atoms with van der Waals surface area (Å²) >= 11 is 6.25. The molecule has 172 valence electrons. The number of amides is 1. The number of aliphatic hydroxyl groups excluding tert-OH is 4. The average Bonchev–Trinajstić information content (AvgIpc) is 2.80. The fourth-order valence-corrected chi connectivity index (χ4v) is 3.32. The fourth-order valence-electron chi connectivity index (χ4n) is 3.07. The van der Waals surface area contributed by atoms with Crippen molar-refractivity contribution in [2.45, 2.75) is 30.7 Å². The van der Waals surface area contributed by atoms with Crippen LogP contribution in [-0.2, 0) is 9.47 Å². The van der Waals surface area contributed by atoms with Crippen molar-refractivity contribution < 1.29 is 44.2 Å². The van der Waals surface area contributed by atoms with Crippen LogP contribution in [0.25, 0.3) is 0 Å². The molecule has 1 fully saturated rings. The number of rotatable bonds is 6. The zero-order chi connectivity index (χ0) is 23.4. The number of methoxy groups -OCH3 is 1. The van der Waals surface area contributed by atoms with Gasteiger partial charge in [0, 0.05) is 5.56 Å². The summed E-state index contributed by atoms with van der Waals surface area (Å²) in [4.78, 5) is 24.9. The number of carbonyl (C=O) groups excluding carboxylic acids is 2. The standard InChI is InChI=1S/C21H22ClNO9/c1-30-13-8-11(7-12(22)15(13)23-19(27)10-5-3-2-4-6-10)20(28)31-9-14-16(24)17(25)18(26)21(29)32-14/h2-8,14,16-18,21,24-26,29H,9H2,1H3,(H,23,27)/t14-,16+,17+,18-,21?/m1/s1. The first-order valence-electron chi connectivity index (χ1n) is 9.51. The Hall–Kier alpha value is -2.73. The molecule has 5 atom stereocenters. The molecule has 1 saturated heterocycles. The summed E-state index contributed by atoms with van der Waals surface area (Å²) in [5.74, 6) is -1.18. The van der Waals surface area contributed by atoms with Crippen molar-refractivity contribution in [2.24, 2.45) is 0 Å². The number of nitrogens with one attached hydrogen (secondary N) is 1. The molecule has 1 unspecified atom stereocenters. The van der Waals surface area contributed by atoms with Gasteiger partial charge in [0.05, 0.1) is 17.7 Å². The zero-order valence-corrected chi connectivity index (χ0v) is 17.6. The molecule has 11 heteroatoms. The van der Waals surface area contributed by atoms with Crippen LogP contribution in [-0.4, -0.2) is 76.7 Å². The van der Waals surface area contributed by atoms with Gasteiger partial charge in [-0.05, 0) is 24.3 Å². The quantitative estimate of drug-likeness (QED) is 0.383. The summed E-state index contributed by atoms with van der Waals surface area (Å²) in [6.07, 6.45) is -7.98. The van der Waals surface area contributed by atoms with Crippen molar-refractivity contribution in [3.8, 4) is 5.75 Å². The monoisotopic (exact) mass is 467 g/mol. The number of halogens is 1. The zero-order valence-electron chi connectivity index (χ0n) is 16.8. The molecule has 1 heterocycles. The van der Waals surface area contributed by atoms with Crippen molar-refractivity contribution in [2.75, 3.05) is 19.0 Å². The molecule has 0 aromatic heterocycles. The molecular formula is C21H22ClNO9. The first-order chi connectivity index (χ1) is 15.2. The van der Waals surface area contributed by atoms with Crippen LogP contribution >= 0.6 is 11.6 Å². The van der Waals surface area contributed by atoms with Gasteiger partial charge in [0.2, 0.25) is 0 Å². The minimum Gasteiger partial charge on any atom is -0.494 e. The number of ether oxygens (including phenoxy) is 3. The molecule has 1 aliphatic heterocycles. The minimum absolute atomic E-state index is 0.0171. The number of esters is 1. The number of hydrogen-bond acceptors (Lipinski definition) is 9. The second kappa shape index (κ2) is 10.3. The number of aliphatic hydroxyl groups is 4. The second-order valence-electron chi connectivity index (χ2n) is 6.99. The van der Waals surface area contributed by atoms with Gasteiger partial charge in [0.1, 0.15) is 42.5 Å². The summed E-state index contributed by atoms with van der Waals surface area (Å²) in [7, 11) is 1.33. The molecule has 32 heavy (non-hydrogen) atoms. The molecule has 1 aliphatic rings. The van der Waals surface area contributed by atoms with Crippen LogP contribution in [0.15, 0.2) is 42.5 Å². The first kappa shape index (κ1) is 23.9. The third-order valence-corrected chi connectivity index (χ3v) is 5.15. The Kier molecular flexibility index (Phi) is 7.67. The number of hydrogen-bond donors (Lipinski definition) is 5. The Morgan fingerprint density at radius 1 is 1.03 bits per heavy atom. The van der Waals surface area contributed by atoms with Crippen molar-refractivity contribution >= 4 is 29.2 Å². The SMILES string of the molecule is COc1cc(C(=O)OC[C@H]2OC(O)[C@H](O)[C@@H](O)[C@H]2O)cc(Cl)c1NC(=O)c1ccccc1. The van der Waals surface area contributed by atoms with E-state index < -0.39 is 49.2 Å². The second-order valence-corrected chi connectivity index (χ2v) is 7.40. The van der Waals surface area contributed by atoms with Crippen LogP contribution in [0.2, 0.25) is 5.02 Å². The van der Waals surface area contributed by atoms with E-state index in [9.17, 15) is 30.0 Å². The molecule has 0 aliphatic carbocycles. The topological polar surface area (TPSA) is 155 Å². The fraction of sp³-hybridized carbons (Fsp3) is 0.333. The van der Waals surface area contributed by atoms with Gasteiger partial charge in [-0.2, -0.15) is 0 Å². The Morgan fingerprint density at radius 2 is 1.72 bits per heavy atom. The van der Waals surface area contributed by atoms with Gasteiger partial charge in [0.15, 0.2) is 6.29 Å². The van der Waals surface area contributed by atoms with Crippen molar-refractivity contribution in [3.05, 3.63) is 58.6 Å². The van der Waals surface area contributed by atoms with Gasteiger partial charge < -0.3 is 40.0 Å². The lowest BCUT2D eigenvalue weighted by Gasteiger charge is -2.37. The lowest BCUT2D eigenvalue weighted by Crippen LogP contribution is -2.58. The summed E-state index contributed by atoms with van der Waals surface area (Å²) in [5, 5.41) is 41.3. The summed E-state index contributed by atoms with van der Waals surface area (Å²) in [5.41, 5.74) is 0.538. The molecule has 2 aromatic rings. The van der Waals surface area contributed by atoms with E-state index in [0.29, 0.717) is 5.56 Å².